The Hall–Kier alpha value is -0.620. The number of thiocarbonyl (C=S) groups is 1. The highest BCUT2D eigenvalue weighted by atomic mass is 32.2. The van der Waals surface area contributed by atoms with Crippen molar-refractivity contribution < 1.29 is 9.59 Å². The second-order valence-electron chi connectivity index (χ2n) is 4.22. The first-order valence-corrected chi connectivity index (χ1v) is 7.67. The molecule has 0 saturated carbocycles. The summed E-state index contributed by atoms with van der Waals surface area (Å²) in [5.74, 6) is 0.149. The summed E-state index contributed by atoms with van der Waals surface area (Å²) in [7, 11) is 0. The lowest BCUT2D eigenvalue weighted by Crippen LogP contribution is -2.33. The fraction of sp³-hybridized carbons (Fsp3) is 0.750. The molecule has 18 heavy (non-hydrogen) atoms. The molecule has 0 spiro atoms. The molecule has 102 valence electrons. The molecule has 0 radical (unpaired) electrons. The molecule has 6 heteroatoms. The summed E-state index contributed by atoms with van der Waals surface area (Å²) in [6, 6.07) is 0. The third-order valence-electron chi connectivity index (χ3n) is 2.73. The summed E-state index contributed by atoms with van der Waals surface area (Å²) in [5.41, 5.74) is 0. The molecule has 1 fully saturated rings. The number of amides is 2. The normalized spacial score (nSPS) is 19.4. The number of nitrogens with one attached hydrogen (secondary N) is 1. The van der Waals surface area contributed by atoms with Crippen molar-refractivity contribution in [3.8, 4) is 0 Å². The van der Waals surface area contributed by atoms with E-state index in [1.807, 2.05) is 13.8 Å². The average Bonchev–Trinajstić information content (AvgIpc) is 2.63. The first-order chi connectivity index (χ1) is 8.60. The van der Waals surface area contributed by atoms with Gasteiger partial charge in [0.15, 0.2) is 0 Å². The van der Waals surface area contributed by atoms with Crippen LogP contribution in [0.4, 0.5) is 0 Å². The first kappa shape index (κ1) is 15.4. The van der Waals surface area contributed by atoms with Crippen LogP contribution in [0.3, 0.4) is 0 Å². The van der Waals surface area contributed by atoms with E-state index in [0.717, 1.165) is 12.8 Å². The lowest BCUT2D eigenvalue weighted by atomic mass is 10.2. The zero-order valence-corrected chi connectivity index (χ0v) is 12.5. The van der Waals surface area contributed by atoms with Crippen LogP contribution in [-0.2, 0) is 9.59 Å². The third kappa shape index (κ3) is 4.24. The smallest absolute Gasteiger partial charge is 0.241 e. The minimum atomic E-state index is -0.0218. The van der Waals surface area contributed by atoms with Gasteiger partial charge in [0.25, 0.3) is 0 Å². The number of nitrogens with zero attached hydrogens (tertiary/aromatic N) is 1. The molecule has 2 amide bonds. The van der Waals surface area contributed by atoms with Crippen molar-refractivity contribution in [3.63, 3.8) is 0 Å². The fourth-order valence-electron chi connectivity index (χ4n) is 1.71. The Morgan fingerprint density at radius 1 is 1.50 bits per heavy atom. The summed E-state index contributed by atoms with van der Waals surface area (Å²) in [6.45, 7) is 5.28. The lowest BCUT2D eigenvalue weighted by molar-refractivity contribution is -0.127. The van der Waals surface area contributed by atoms with Gasteiger partial charge in [-0.05, 0) is 19.3 Å². The number of hydrogen-bond donors (Lipinski definition) is 1. The van der Waals surface area contributed by atoms with Crippen LogP contribution in [0, 0.1) is 0 Å². The Labute approximate surface area is 118 Å². The molecule has 1 heterocycles. The van der Waals surface area contributed by atoms with E-state index in [9.17, 15) is 9.59 Å². The van der Waals surface area contributed by atoms with Crippen LogP contribution in [0.2, 0.25) is 0 Å². The maximum atomic E-state index is 11.9. The number of rotatable bonds is 7. The summed E-state index contributed by atoms with van der Waals surface area (Å²) < 4.78 is 0.654. The van der Waals surface area contributed by atoms with E-state index >= 15 is 0 Å². The SMILES string of the molecule is CCCNC(=O)CCCN1C(=O)C(CC)SC1=S. The topological polar surface area (TPSA) is 49.4 Å². The van der Waals surface area contributed by atoms with Crippen LogP contribution in [0.5, 0.6) is 0 Å². The molecule has 0 aliphatic carbocycles. The molecule has 0 aromatic rings. The molecule has 0 bridgehead atoms. The molecule has 1 saturated heterocycles. The van der Waals surface area contributed by atoms with Crippen molar-refractivity contribution in [2.24, 2.45) is 0 Å². The second-order valence-corrected chi connectivity index (χ2v) is 6.06. The van der Waals surface area contributed by atoms with Gasteiger partial charge in [-0.1, -0.05) is 37.8 Å². The van der Waals surface area contributed by atoms with E-state index in [4.69, 9.17) is 12.2 Å². The van der Waals surface area contributed by atoms with Crippen LogP contribution in [-0.4, -0.2) is 39.4 Å². The van der Waals surface area contributed by atoms with Crippen molar-refractivity contribution >= 4 is 40.1 Å². The number of carbonyl (C=O) groups is 2. The molecule has 1 N–H and O–H groups in total. The van der Waals surface area contributed by atoms with Crippen LogP contribution < -0.4 is 5.32 Å². The second kappa shape index (κ2) is 7.74. The van der Waals surface area contributed by atoms with Crippen LogP contribution in [0.1, 0.15) is 39.5 Å². The molecule has 1 atom stereocenters. The maximum Gasteiger partial charge on any atom is 0.241 e. The minimum Gasteiger partial charge on any atom is -0.356 e. The summed E-state index contributed by atoms with van der Waals surface area (Å²) in [6.07, 6.45) is 2.86. The highest BCUT2D eigenvalue weighted by molar-refractivity contribution is 8.24. The van der Waals surface area contributed by atoms with Crippen molar-refractivity contribution in [2.75, 3.05) is 13.1 Å². The first-order valence-electron chi connectivity index (χ1n) is 6.38. The molecular weight excluding hydrogens is 268 g/mol. The van der Waals surface area contributed by atoms with Crippen molar-refractivity contribution in [2.45, 2.75) is 44.8 Å². The number of hydrogen-bond acceptors (Lipinski definition) is 4. The van der Waals surface area contributed by atoms with E-state index < -0.39 is 0 Å². The minimum absolute atomic E-state index is 0.0218. The monoisotopic (exact) mass is 288 g/mol. The van der Waals surface area contributed by atoms with Crippen molar-refractivity contribution in [1.29, 1.82) is 0 Å². The lowest BCUT2D eigenvalue weighted by Gasteiger charge is -2.15. The van der Waals surface area contributed by atoms with E-state index in [0.29, 0.717) is 30.3 Å². The maximum absolute atomic E-state index is 11.9. The van der Waals surface area contributed by atoms with Gasteiger partial charge in [-0.25, -0.2) is 0 Å². The van der Waals surface area contributed by atoms with E-state index in [1.54, 1.807) is 4.90 Å². The number of carbonyl (C=O) groups excluding carboxylic acids is 2. The predicted octanol–water partition coefficient (Wildman–Crippen LogP) is 1.93. The Kier molecular flexibility index (Phi) is 6.63. The zero-order valence-electron chi connectivity index (χ0n) is 10.9. The van der Waals surface area contributed by atoms with Gasteiger partial charge in [0.05, 0.1) is 5.25 Å². The Balaban J connectivity index is 2.29. The Morgan fingerprint density at radius 3 is 2.78 bits per heavy atom. The van der Waals surface area contributed by atoms with Gasteiger partial charge < -0.3 is 5.32 Å². The summed E-state index contributed by atoms with van der Waals surface area (Å²) in [4.78, 5) is 25.0. The quantitative estimate of drug-likeness (QED) is 0.727. The number of thioether (sulfide) groups is 1. The highest BCUT2D eigenvalue weighted by Gasteiger charge is 2.34. The predicted molar refractivity (Wildman–Crippen MR) is 78.5 cm³/mol. The van der Waals surface area contributed by atoms with Gasteiger partial charge in [-0.15, -0.1) is 0 Å². The molecule has 1 aliphatic rings. The van der Waals surface area contributed by atoms with Gasteiger partial charge >= 0.3 is 0 Å². The molecule has 0 aromatic heterocycles. The van der Waals surface area contributed by atoms with Gasteiger partial charge in [-0.2, -0.15) is 0 Å². The summed E-state index contributed by atoms with van der Waals surface area (Å²) >= 11 is 6.64. The van der Waals surface area contributed by atoms with Crippen LogP contribution in [0.15, 0.2) is 0 Å². The van der Waals surface area contributed by atoms with Crippen LogP contribution in [0.25, 0.3) is 0 Å². The van der Waals surface area contributed by atoms with Gasteiger partial charge in [0.1, 0.15) is 4.32 Å². The largest absolute Gasteiger partial charge is 0.356 e. The van der Waals surface area contributed by atoms with Crippen molar-refractivity contribution in [1.82, 2.24) is 10.2 Å². The fourth-order valence-corrected chi connectivity index (χ4v) is 3.19. The molecule has 4 nitrogen and oxygen atoms in total. The van der Waals surface area contributed by atoms with E-state index in [-0.39, 0.29) is 17.1 Å². The van der Waals surface area contributed by atoms with E-state index in [2.05, 4.69) is 5.32 Å². The average molecular weight is 288 g/mol. The molecule has 0 aromatic carbocycles. The van der Waals surface area contributed by atoms with Crippen LogP contribution >= 0.6 is 24.0 Å². The van der Waals surface area contributed by atoms with Gasteiger partial charge in [0, 0.05) is 19.5 Å². The zero-order chi connectivity index (χ0) is 13.5. The van der Waals surface area contributed by atoms with E-state index in [1.165, 1.54) is 11.8 Å². The molecular formula is C12H20N2O2S2. The molecule has 1 rings (SSSR count). The molecule has 1 aliphatic heterocycles. The highest BCUT2D eigenvalue weighted by Crippen LogP contribution is 2.29. The summed E-state index contributed by atoms with van der Waals surface area (Å²) in [5, 5.41) is 2.80. The van der Waals surface area contributed by atoms with Gasteiger partial charge in [0.2, 0.25) is 11.8 Å². The van der Waals surface area contributed by atoms with Gasteiger partial charge in [-0.3, -0.25) is 14.5 Å². The molecule has 1 unspecified atom stereocenters. The third-order valence-corrected chi connectivity index (χ3v) is 4.48. The standard InChI is InChI=1S/C12H20N2O2S2/c1-3-7-13-10(15)6-5-8-14-11(16)9(4-2)18-12(14)17/h9H,3-8H2,1-2H3,(H,13,15). The Bertz CT molecular complexity index is 334. The van der Waals surface area contributed by atoms with Crippen molar-refractivity contribution in [3.05, 3.63) is 0 Å². The Morgan fingerprint density at radius 2 is 2.22 bits per heavy atom.